The van der Waals surface area contributed by atoms with E-state index in [9.17, 15) is 32.0 Å². The van der Waals surface area contributed by atoms with Gasteiger partial charge in [0.15, 0.2) is 0 Å². The molecule has 1 aliphatic rings. The summed E-state index contributed by atoms with van der Waals surface area (Å²) in [6.07, 6.45) is -0.150. The smallest absolute Gasteiger partial charge is 0.330 e. The normalized spacial score (nSPS) is 21.4. The van der Waals surface area contributed by atoms with Crippen LogP contribution < -0.4 is 11.2 Å². The summed E-state index contributed by atoms with van der Waals surface area (Å²) in [4.78, 5) is 29.5. The van der Waals surface area contributed by atoms with E-state index in [1.165, 1.54) is 6.92 Å². The van der Waals surface area contributed by atoms with Gasteiger partial charge < -0.3 is 9.47 Å². The van der Waals surface area contributed by atoms with Gasteiger partial charge in [0.25, 0.3) is 25.8 Å². The summed E-state index contributed by atoms with van der Waals surface area (Å²) in [6, 6.07) is 7.36. The number of hydrogen-bond acceptors (Lipinski definition) is 11. The molecule has 202 valence electrons. The minimum absolute atomic E-state index is 0.0991. The van der Waals surface area contributed by atoms with Crippen LogP contribution in [-0.2, 0) is 44.7 Å². The monoisotopic (exact) mass is 559 g/mol. The highest BCUT2D eigenvalue weighted by molar-refractivity contribution is 7.86. The zero-order valence-electron chi connectivity index (χ0n) is 20.0. The molecule has 1 fully saturated rings. The van der Waals surface area contributed by atoms with Gasteiger partial charge in [-0.3, -0.25) is 22.7 Å². The SMILES string of the molecule is Cc1cn([C@H]2OC(COS(C)(=O)=O)(COS(C)(=O)=O)[C@@H](OCc3ccccc3)C2N=[N+]=[N-])c(=O)[nH]c1=O. The summed E-state index contributed by atoms with van der Waals surface area (Å²) >= 11 is 0. The molecule has 1 saturated heterocycles. The molecular weight excluding hydrogens is 534 g/mol. The second-order valence-corrected chi connectivity index (χ2v) is 11.7. The number of benzene rings is 1. The lowest BCUT2D eigenvalue weighted by Gasteiger charge is -2.33. The van der Waals surface area contributed by atoms with E-state index in [0.29, 0.717) is 5.56 Å². The first-order valence-electron chi connectivity index (χ1n) is 10.6. The van der Waals surface area contributed by atoms with E-state index in [0.717, 1.165) is 23.3 Å². The number of nitrogens with zero attached hydrogens (tertiary/aromatic N) is 4. The molecular formula is C20H25N5O10S2. The van der Waals surface area contributed by atoms with Crippen molar-refractivity contribution < 1.29 is 34.7 Å². The lowest BCUT2D eigenvalue weighted by Crippen LogP contribution is -2.52. The molecule has 0 saturated carbocycles. The van der Waals surface area contributed by atoms with E-state index in [1.54, 1.807) is 30.3 Å². The second kappa shape index (κ2) is 11.1. The van der Waals surface area contributed by atoms with Gasteiger partial charge in [-0.1, -0.05) is 35.4 Å². The van der Waals surface area contributed by atoms with Crippen molar-refractivity contribution in [1.29, 1.82) is 0 Å². The van der Waals surface area contributed by atoms with Crippen molar-refractivity contribution in [1.82, 2.24) is 9.55 Å². The molecule has 3 atom stereocenters. The van der Waals surface area contributed by atoms with Gasteiger partial charge in [0.05, 0.1) is 19.1 Å². The molecule has 15 nitrogen and oxygen atoms in total. The molecule has 2 heterocycles. The number of H-pyrrole nitrogens is 1. The van der Waals surface area contributed by atoms with E-state index in [2.05, 4.69) is 15.0 Å². The van der Waals surface area contributed by atoms with Gasteiger partial charge in [0.1, 0.15) is 37.2 Å². The molecule has 17 heteroatoms. The van der Waals surface area contributed by atoms with Crippen LogP contribution in [0.25, 0.3) is 10.4 Å². The quantitative estimate of drug-likeness (QED) is 0.172. The Bertz CT molecular complexity index is 1460. The first-order chi connectivity index (χ1) is 17.2. The van der Waals surface area contributed by atoms with Crippen molar-refractivity contribution in [2.24, 2.45) is 5.11 Å². The van der Waals surface area contributed by atoms with Gasteiger partial charge in [-0.2, -0.15) is 16.8 Å². The Hall–Kier alpha value is -3.05. The maximum Gasteiger partial charge on any atom is 0.330 e. The molecule has 0 bridgehead atoms. The third-order valence-corrected chi connectivity index (χ3v) is 6.48. The molecule has 2 aromatic rings. The van der Waals surface area contributed by atoms with Crippen molar-refractivity contribution in [3.05, 3.63) is 78.9 Å². The van der Waals surface area contributed by atoms with Crippen LogP contribution in [0.1, 0.15) is 17.4 Å². The largest absolute Gasteiger partial charge is 0.370 e. The summed E-state index contributed by atoms with van der Waals surface area (Å²) in [5.41, 5.74) is 6.49. The standard InChI is InChI=1S/C20H25N5O10S2/c1-13-9-25(19(27)22-17(13)26)18-15(23-24-21)16(32-10-14-7-5-4-6-8-14)20(35-18,11-33-36(2,28)29)12-34-37(3,30)31/h4-9,15-16,18H,10-12H2,1-3H3,(H,22,26,27)/t15?,16-,18-/m0/s1. The summed E-state index contributed by atoms with van der Waals surface area (Å²) < 4.78 is 70.3. The molecule has 37 heavy (non-hydrogen) atoms. The fourth-order valence-electron chi connectivity index (χ4n) is 3.71. The molecule has 1 aromatic heterocycles. The number of nitrogens with one attached hydrogen (secondary N) is 1. The molecule has 0 radical (unpaired) electrons. The molecule has 3 rings (SSSR count). The first kappa shape index (κ1) is 28.5. The number of azide groups is 1. The summed E-state index contributed by atoms with van der Waals surface area (Å²) in [5, 5.41) is 3.72. The number of aromatic nitrogens is 2. The number of aromatic amines is 1. The maximum absolute atomic E-state index is 12.7. The summed E-state index contributed by atoms with van der Waals surface area (Å²) in [5.74, 6) is 0. The van der Waals surface area contributed by atoms with Crippen LogP contribution in [0.4, 0.5) is 0 Å². The average molecular weight is 560 g/mol. The summed E-state index contributed by atoms with van der Waals surface area (Å²) in [6.45, 7) is -0.307. The Labute approximate surface area is 211 Å². The minimum atomic E-state index is -4.09. The van der Waals surface area contributed by atoms with Crippen molar-refractivity contribution in [2.45, 2.75) is 37.5 Å². The van der Waals surface area contributed by atoms with Crippen molar-refractivity contribution in [2.75, 3.05) is 25.7 Å². The third-order valence-electron chi connectivity index (χ3n) is 5.39. The molecule has 1 unspecified atom stereocenters. The molecule has 1 N–H and O–H groups in total. The lowest BCUT2D eigenvalue weighted by atomic mass is 9.95. The van der Waals surface area contributed by atoms with Crippen molar-refractivity contribution in [3.8, 4) is 0 Å². The second-order valence-electron chi connectivity index (χ2n) is 8.40. The number of aryl methyl sites for hydroxylation is 1. The number of rotatable bonds is 11. The highest BCUT2D eigenvalue weighted by atomic mass is 32.2. The van der Waals surface area contributed by atoms with Gasteiger partial charge in [-0.05, 0) is 18.0 Å². The zero-order valence-corrected chi connectivity index (χ0v) is 21.6. The van der Waals surface area contributed by atoms with Crippen LogP contribution in [-0.4, -0.2) is 69.9 Å². The zero-order chi connectivity index (χ0) is 27.4. The minimum Gasteiger partial charge on any atom is -0.370 e. The van der Waals surface area contributed by atoms with Crippen molar-refractivity contribution >= 4 is 20.2 Å². The Morgan fingerprint density at radius 3 is 2.24 bits per heavy atom. The molecule has 1 aliphatic heterocycles. The fraction of sp³-hybridized carbons (Fsp3) is 0.500. The first-order valence-corrected chi connectivity index (χ1v) is 14.3. The third kappa shape index (κ3) is 7.26. The number of hydrogen-bond donors (Lipinski definition) is 1. The van der Waals surface area contributed by atoms with E-state index >= 15 is 0 Å². The van der Waals surface area contributed by atoms with Gasteiger partial charge >= 0.3 is 5.69 Å². The number of ether oxygens (including phenoxy) is 2. The Kier molecular flexibility index (Phi) is 8.59. The van der Waals surface area contributed by atoms with Crippen LogP contribution in [0.2, 0.25) is 0 Å². The topological polar surface area (TPSA) is 209 Å². The highest BCUT2D eigenvalue weighted by Crippen LogP contribution is 2.42. The Balaban J connectivity index is 2.17. The lowest BCUT2D eigenvalue weighted by molar-refractivity contribution is -0.154. The van der Waals surface area contributed by atoms with E-state index in [1.807, 2.05) is 0 Å². The van der Waals surface area contributed by atoms with Gasteiger partial charge in [-0.25, -0.2) is 4.79 Å². The van der Waals surface area contributed by atoms with Crippen LogP contribution in [0.15, 0.2) is 51.2 Å². The fourth-order valence-corrected chi connectivity index (χ4v) is 4.54. The van der Waals surface area contributed by atoms with Crippen LogP contribution in [0.3, 0.4) is 0 Å². The molecule has 0 amide bonds. The Morgan fingerprint density at radius 1 is 1.11 bits per heavy atom. The predicted molar refractivity (Wildman–Crippen MR) is 128 cm³/mol. The van der Waals surface area contributed by atoms with E-state index in [4.69, 9.17) is 17.8 Å². The van der Waals surface area contributed by atoms with Crippen LogP contribution >= 0.6 is 0 Å². The van der Waals surface area contributed by atoms with Gasteiger partial charge in [0, 0.05) is 16.7 Å². The molecule has 0 aliphatic carbocycles. The predicted octanol–water partition coefficient (Wildman–Crippen LogP) is 0.329. The highest BCUT2D eigenvalue weighted by Gasteiger charge is 2.58. The average Bonchev–Trinajstić information content (AvgIpc) is 3.11. The van der Waals surface area contributed by atoms with Crippen LogP contribution in [0, 0.1) is 6.92 Å². The maximum atomic E-state index is 12.7. The molecule has 0 spiro atoms. The van der Waals surface area contributed by atoms with Crippen LogP contribution in [0.5, 0.6) is 0 Å². The van der Waals surface area contributed by atoms with Crippen molar-refractivity contribution in [3.63, 3.8) is 0 Å². The van der Waals surface area contributed by atoms with E-state index in [-0.39, 0.29) is 12.2 Å². The van der Waals surface area contributed by atoms with Gasteiger partial charge in [0.2, 0.25) is 0 Å². The van der Waals surface area contributed by atoms with E-state index < -0.39 is 68.7 Å². The molecule has 1 aromatic carbocycles. The van der Waals surface area contributed by atoms with Gasteiger partial charge in [-0.15, -0.1) is 0 Å². The summed E-state index contributed by atoms with van der Waals surface area (Å²) in [7, 11) is -8.17. The Morgan fingerprint density at radius 2 is 1.70 bits per heavy atom.